The number of rotatable bonds is 4. The van der Waals surface area contributed by atoms with E-state index in [4.69, 9.17) is 16.3 Å². The van der Waals surface area contributed by atoms with Crippen molar-refractivity contribution in [1.29, 1.82) is 0 Å². The fraction of sp³-hybridized carbons (Fsp3) is 0.176. The number of ether oxygens (including phenoxy) is 1. The van der Waals surface area contributed by atoms with Gasteiger partial charge in [-0.15, -0.1) is 0 Å². The average molecular weight is 381 g/mol. The van der Waals surface area contributed by atoms with Gasteiger partial charge >= 0.3 is 5.97 Å². The van der Waals surface area contributed by atoms with Crippen molar-refractivity contribution >= 4 is 38.1 Å². The van der Waals surface area contributed by atoms with Gasteiger partial charge in [0.25, 0.3) is 5.04 Å². The van der Waals surface area contributed by atoms with Crippen LogP contribution in [0.5, 0.6) is 0 Å². The van der Waals surface area contributed by atoms with Crippen LogP contribution < -0.4 is 5.43 Å². The van der Waals surface area contributed by atoms with E-state index in [-0.39, 0.29) is 11.5 Å². The summed E-state index contributed by atoms with van der Waals surface area (Å²) in [5.41, 5.74) is 3.77. The molecule has 1 N–H and O–H groups in total. The van der Waals surface area contributed by atoms with Crippen LogP contribution in [0.15, 0.2) is 58.5 Å². The van der Waals surface area contributed by atoms with Gasteiger partial charge in [0.05, 0.1) is 22.2 Å². The van der Waals surface area contributed by atoms with Crippen LogP contribution in [0.25, 0.3) is 0 Å². The molecule has 8 heteroatoms. The van der Waals surface area contributed by atoms with Crippen LogP contribution in [0, 0.1) is 6.92 Å². The van der Waals surface area contributed by atoms with Crippen LogP contribution in [0.3, 0.4) is 0 Å². The van der Waals surface area contributed by atoms with Crippen molar-refractivity contribution < 1.29 is 17.9 Å². The number of esters is 1. The molecular formula is C17H17ClN2O4S. The van der Waals surface area contributed by atoms with E-state index < -0.39 is 20.9 Å². The molecule has 0 aliphatic heterocycles. The Morgan fingerprint density at radius 3 is 2.40 bits per heavy atom. The molecule has 0 heterocycles. The van der Waals surface area contributed by atoms with E-state index in [0.29, 0.717) is 10.7 Å². The first kappa shape index (κ1) is 19.0. The fourth-order valence-electron chi connectivity index (χ4n) is 1.90. The van der Waals surface area contributed by atoms with Crippen molar-refractivity contribution in [3.8, 4) is 0 Å². The summed E-state index contributed by atoms with van der Waals surface area (Å²) in [5.74, 6) is -1.04. The summed E-state index contributed by atoms with van der Waals surface area (Å²) < 4.78 is 30.4. The summed E-state index contributed by atoms with van der Waals surface area (Å²) in [7, 11) is -4.15. The quantitative estimate of drug-likeness (QED) is 0.380. The van der Waals surface area contributed by atoms with Crippen molar-refractivity contribution in [2.75, 3.05) is 12.0 Å². The number of sulfone groups is 1. The standard InChI is InChI=1S/C17H17ClN2O4S/c1-3-24-17(21)16(20-19-15-7-5-4-6-14(15)18)25(22,23)13-10-8-12(2)9-11-13/h4-11,19H,3H2,1-2H3/b20-16-. The molecule has 0 bridgehead atoms. The molecule has 2 rings (SSSR count). The Hall–Kier alpha value is -2.38. The lowest BCUT2D eigenvalue weighted by Gasteiger charge is -2.09. The molecule has 0 aliphatic carbocycles. The first-order valence-corrected chi connectivity index (χ1v) is 9.29. The van der Waals surface area contributed by atoms with E-state index >= 15 is 0 Å². The van der Waals surface area contributed by atoms with Crippen molar-refractivity contribution in [1.82, 2.24) is 0 Å². The molecule has 6 nitrogen and oxygen atoms in total. The first-order valence-electron chi connectivity index (χ1n) is 7.43. The Kier molecular flexibility index (Phi) is 6.17. The normalized spacial score (nSPS) is 11.9. The van der Waals surface area contributed by atoms with E-state index in [1.54, 1.807) is 43.3 Å². The molecule has 0 aromatic heterocycles. The Balaban J connectivity index is 2.45. The van der Waals surface area contributed by atoms with E-state index in [9.17, 15) is 13.2 Å². The molecule has 0 fully saturated rings. The molecule has 0 amide bonds. The number of benzene rings is 2. The van der Waals surface area contributed by atoms with Gasteiger partial charge in [0.2, 0.25) is 9.84 Å². The average Bonchev–Trinajstić information content (AvgIpc) is 2.57. The van der Waals surface area contributed by atoms with Gasteiger partial charge in [0.15, 0.2) is 0 Å². The van der Waals surface area contributed by atoms with Crippen LogP contribution in [-0.4, -0.2) is 26.0 Å². The minimum atomic E-state index is -4.15. The van der Waals surface area contributed by atoms with Gasteiger partial charge in [-0.2, -0.15) is 5.10 Å². The zero-order valence-electron chi connectivity index (χ0n) is 13.7. The Bertz CT molecular complexity index is 893. The lowest BCUT2D eigenvalue weighted by atomic mass is 10.2. The van der Waals surface area contributed by atoms with Crippen LogP contribution >= 0.6 is 11.6 Å². The van der Waals surface area contributed by atoms with Gasteiger partial charge in [0.1, 0.15) is 0 Å². The monoisotopic (exact) mass is 380 g/mol. The maximum atomic E-state index is 12.8. The molecule has 0 saturated heterocycles. The second-order valence-electron chi connectivity index (χ2n) is 5.05. The number of aryl methyl sites for hydroxylation is 1. The Labute approximate surface area is 151 Å². The second-order valence-corrected chi connectivity index (χ2v) is 7.32. The highest BCUT2D eigenvalue weighted by molar-refractivity contribution is 8.08. The van der Waals surface area contributed by atoms with Gasteiger partial charge in [-0.1, -0.05) is 41.4 Å². The third kappa shape index (κ3) is 4.58. The number of hydrogen-bond acceptors (Lipinski definition) is 6. The summed E-state index contributed by atoms with van der Waals surface area (Å²) in [4.78, 5) is 12.1. The van der Waals surface area contributed by atoms with E-state index in [1.807, 2.05) is 6.92 Å². The highest BCUT2D eigenvalue weighted by Crippen LogP contribution is 2.21. The minimum Gasteiger partial charge on any atom is -0.461 e. The predicted molar refractivity (Wildman–Crippen MR) is 97.5 cm³/mol. The van der Waals surface area contributed by atoms with Crippen molar-refractivity contribution in [2.24, 2.45) is 5.10 Å². The Morgan fingerprint density at radius 1 is 1.16 bits per heavy atom. The van der Waals surface area contributed by atoms with Crippen molar-refractivity contribution in [3.63, 3.8) is 0 Å². The van der Waals surface area contributed by atoms with E-state index in [2.05, 4.69) is 10.5 Å². The number of anilines is 1. The zero-order valence-corrected chi connectivity index (χ0v) is 15.3. The maximum absolute atomic E-state index is 12.8. The number of halogens is 1. The molecular weight excluding hydrogens is 364 g/mol. The van der Waals surface area contributed by atoms with Crippen molar-refractivity contribution in [3.05, 3.63) is 59.1 Å². The van der Waals surface area contributed by atoms with Gasteiger partial charge < -0.3 is 4.74 Å². The molecule has 2 aromatic carbocycles. The first-order chi connectivity index (χ1) is 11.9. The fourth-order valence-corrected chi connectivity index (χ4v) is 3.24. The maximum Gasteiger partial charge on any atom is 0.371 e. The highest BCUT2D eigenvalue weighted by Gasteiger charge is 2.31. The predicted octanol–water partition coefficient (Wildman–Crippen LogP) is 3.41. The molecule has 25 heavy (non-hydrogen) atoms. The lowest BCUT2D eigenvalue weighted by Crippen LogP contribution is -2.28. The molecule has 0 saturated carbocycles. The molecule has 0 unspecified atom stereocenters. The van der Waals surface area contributed by atoms with Gasteiger partial charge in [0, 0.05) is 0 Å². The van der Waals surface area contributed by atoms with Gasteiger partial charge in [-0.25, -0.2) is 13.2 Å². The number of nitrogens with zero attached hydrogens (tertiary/aromatic N) is 1. The third-order valence-corrected chi connectivity index (χ3v) is 5.18. The van der Waals surface area contributed by atoms with Gasteiger partial charge in [-0.05, 0) is 38.1 Å². The van der Waals surface area contributed by atoms with Crippen LogP contribution in [0.1, 0.15) is 12.5 Å². The smallest absolute Gasteiger partial charge is 0.371 e. The Morgan fingerprint density at radius 2 is 1.80 bits per heavy atom. The summed E-state index contributed by atoms with van der Waals surface area (Å²) >= 11 is 6.00. The number of hydrogen-bond donors (Lipinski definition) is 1. The molecule has 0 atom stereocenters. The molecule has 132 valence electrons. The lowest BCUT2D eigenvalue weighted by molar-refractivity contribution is -0.134. The highest BCUT2D eigenvalue weighted by atomic mass is 35.5. The number of carbonyl (C=O) groups excluding carboxylic acids is 1. The van der Waals surface area contributed by atoms with Crippen LogP contribution in [0.4, 0.5) is 5.69 Å². The zero-order chi connectivity index (χ0) is 18.4. The minimum absolute atomic E-state index is 0.0212. The molecule has 2 aromatic rings. The number of para-hydroxylation sites is 1. The molecule has 0 aliphatic rings. The number of nitrogens with one attached hydrogen (secondary N) is 1. The summed E-state index contributed by atoms with van der Waals surface area (Å²) in [6.45, 7) is 3.43. The molecule has 0 spiro atoms. The number of carbonyl (C=O) groups is 1. The topological polar surface area (TPSA) is 84.8 Å². The van der Waals surface area contributed by atoms with Crippen LogP contribution in [0.2, 0.25) is 5.02 Å². The largest absolute Gasteiger partial charge is 0.461 e. The van der Waals surface area contributed by atoms with Crippen LogP contribution in [-0.2, 0) is 19.4 Å². The second kappa shape index (κ2) is 8.13. The van der Waals surface area contributed by atoms with Crippen molar-refractivity contribution in [2.45, 2.75) is 18.7 Å². The van der Waals surface area contributed by atoms with Gasteiger partial charge in [-0.3, -0.25) is 5.43 Å². The number of hydrazone groups is 1. The summed E-state index contributed by atoms with van der Waals surface area (Å²) in [5, 5.41) is 3.36. The summed E-state index contributed by atoms with van der Waals surface area (Å²) in [6, 6.07) is 12.7. The molecule has 0 radical (unpaired) electrons. The summed E-state index contributed by atoms with van der Waals surface area (Å²) in [6.07, 6.45) is 0. The van der Waals surface area contributed by atoms with E-state index in [0.717, 1.165) is 5.56 Å². The van der Waals surface area contributed by atoms with E-state index in [1.165, 1.54) is 12.1 Å². The SMILES string of the molecule is CCOC(=O)/C(=N/Nc1ccccc1Cl)S(=O)(=O)c1ccc(C)cc1. The third-order valence-electron chi connectivity index (χ3n) is 3.19.